The molecule has 0 aliphatic heterocycles. The van der Waals surface area contributed by atoms with Crippen LogP contribution in [0.2, 0.25) is 0 Å². The van der Waals surface area contributed by atoms with Crippen LogP contribution in [-0.2, 0) is 9.53 Å². The largest absolute Gasteiger partial charge is 0.466 e. The summed E-state index contributed by atoms with van der Waals surface area (Å²) in [4.78, 5) is 15.3. The van der Waals surface area contributed by atoms with E-state index in [1.165, 1.54) is 0 Å². The number of hydrogen-bond donors (Lipinski definition) is 1. The van der Waals surface area contributed by atoms with Crippen LogP contribution in [0.25, 0.3) is 0 Å². The Morgan fingerprint density at radius 1 is 1.29 bits per heavy atom. The average molecular weight is 238 g/mol. The first-order chi connectivity index (χ1) is 8.13. The van der Waals surface area contributed by atoms with Crippen LogP contribution >= 0.6 is 0 Å². The van der Waals surface area contributed by atoms with E-state index < -0.39 is 0 Å². The highest BCUT2D eigenvalue weighted by molar-refractivity contribution is 5.69. The third-order valence-corrected chi connectivity index (χ3v) is 2.24. The van der Waals surface area contributed by atoms with E-state index in [9.17, 15) is 4.79 Å². The van der Waals surface area contributed by atoms with Crippen LogP contribution in [0, 0.1) is 13.8 Å². The van der Waals surface area contributed by atoms with E-state index in [0.717, 1.165) is 11.4 Å². The second-order valence-corrected chi connectivity index (χ2v) is 3.64. The minimum absolute atomic E-state index is 0.173. The molecule has 0 aromatic carbocycles. The predicted molar refractivity (Wildman–Crippen MR) is 63.7 cm³/mol. The Hall–Kier alpha value is -1.72. The monoisotopic (exact) mass is 238 g/mol. The van der Waals surface area contributed by atoms with Crippen molar-refractivity contribution in [1.29, 1.82) is 0 Å². The van der Waals surface area contributed by atoms with Gasteiger partial charge in [0.25, 0.3) is 0 Å². The van der Waals surface area contributed by atoms with Crippen molar-refractivity contribution in [2.24, 2.45) is 0 Å². The molecular weight excluding hydrogens is 220 g/mol. The third-order valence-electron chi connectivity index (χ3n) is 2.24. The summed E-state index contributed by atoms with van der Waals surface area (Å²) in [6.45, 7) is 6.60. The van der Waals surface area contributed by atoms with E-state index in [2.05, 4.69) is 20.5 Å². The van der Waals surface area contributed by atoms with Gasteiger partial charge in [0.15, 0.2) is 0 Å². The van der Waals surface area contributed by atoms with Gasteiger partial charge in [-0.15, -0.1) is 5.10 Å². The summed E-state index contributed by atoms with van der Waals surface area (Å²) in [5, 5.41) is 10.9. The molecule has 0 aliphatic rings. The number of esters is 1. The smallest absolute Gasteiger partial charge is 0.305 e. The van der Waals surface area contributed by atoms with Gasteiger partial charge in [-0.1, -0.05) is 0 Å². The molecule has 0 spiro atoms. The Balaban J connectivity index is 2.26. The molecule has 0 atom stereocenters. The van der Waals surface area contributed by atoms with E-state index in [0.29, 0.717) is 31.9 Å². The van der Waals surface area contributed by atoms with Crippen LogP contribution in [0.4, 0.5) is 5.95 Å². The van der Waals surface area contributed by atoms with Gasteiger partial charge in [-0.05, 0) is 27.2 Å². The predicted octanol–water partition coefficient (Wildman–Crippen LogP) is 1.24. The average Bonchev–Trinajstić information content (AvgIpc) is 2.29. The van der Waals surface area contributed by atoms with E-state index >= 15 is 0 Å². The van der Waals surface area contributed by atoms with Gasteiger partial charge in [0, 0.05) is 13.0 Å². The fourth-order valence-electron chi connectivity index (χ4n) is 1.20. The van der Waals surface area contributed by atoms with Crippen LogP contribution in [0.1, 0.15) is 31.2 Å². The Labute approximate surface area is 101 Å². The maximum atomic E-state index is 11.1. The summed E-state index contributed by atoms with van der Waals surface area (Å²) < 4.78 is 4.82. The quantitative estimate of drug-likeness (QED) is 0.593. The summed E-state index contributed by atoms with van der Waals surface area (Å²) in [7, 11) is 0. The summed E-state index contributed by atoms with van der Waals surface area (Å²) >= 11 is 0. The summed E-state index contributed by atoms with van der Waals surface area (Å²) in [6, 6.07) is 0. The molecule has 1 rings (SSSR count). The summed E-state index contributed by atoms with van der Waals surface area (Å²) in [5.74, 6) is 0.324. The minimum Gasteiger partial charge on any atom is -0.466 e. The lowest BCUT2D eigenvalue weighted by molar-refractivity contribution is -0.143. The maximum Gasteiger partial charge on any atom is 0.305 e. The van der Waals surface area contributed by atoms with Crippen molar-refractivity contribution in [3.8, 4) is 0 Å². The fourth-order valence-corrected chi connectivity index (χ4v) is 1.20. The van der Waals surface area contributed by atoms with Gasteiger partial charge in [-0.3, -0.25) is 4.79 Å². The van der Waals surface area contributed by atoms with Gasteiger partial charge in [0.05, 0.1) is 18.0 Å². The molecule has 1 heterocycles. The number of aromatic nitrogens is 3. The summed E-state index contributed by atoms with van der Waals surface area (Å²) in [6.07, 6.45) is 1.09. The van der Waals surface area contributed by atoms with Crippen LogP contribution < -0.4 is 5.32 Å². The number of anilines is 1. The molecule has 0 fully saturated rings. The molecule has 17 heavy (non-hydrogen) atoms. The van der Waals surface area contributed by atoms with Crippen molar-refractivity contribution < 1.29 is 9.53 Å². The molecule has 0 radical (unpaired) electrons. The van der Waals surface area contributed by atoms with Crippen LogP contribution in [0.5, 0.6) is 0 Å². The highest BCUT2D eigenvalue weighted by Crippen LogP contribution is 2.02. The first-order valence-corrected chi connectivity index (χ1v) is 5.71. The van der Waals surface area contributed by atoms with Crippen LogP contribution in [0.3, 0.4) is 0 Å². The van der Waals surface area contributed by atoms with Crippen molar-refractivity contribution >= 4 is 11.9 Å². The van der Waals surface area contributed by atoms with Gasteiger partial charge in [0.1, 0.15) is 0 Å². The lowest BCUT2D eigenvalue weighted by Gasteiger charge is -2.05. The molecule has 1 aromatic heterocycles. The number of carbonyl (C=O) groups is 1. The molecular formula is C11H18N4O2. The zero-order valence-electron chi connectivity index (χ0n) is 10.5. The van der Waals surface area contributed by atoms with Gasteiger partial charge in [0.2, 0.25) is 5.95 Å². The highest BCUT2D eigenvalue weighted by Gasteiger charge is 2.03. The number of nitrogens with one attached hydrogen (secondary N) is 1. The Bertz CT molecular complexity index is 382. The van der Waals surface area contributed by atoms with Gasteiger partial charge >= 0.3 is 5.97 Å². The molecule has 6 heteroatoms. The number of carbonyl (C=O) groups excluding carboxylic acids is 1. The lowest BCUT2D eigenvalue weighted by atomic mass is 10.3. The Kier molecular flexibility index (Phi) is 5.32. The molecule has 0 unspecified atom stereocenters. The third kappa shape index (κ3) is 4.76. The molecule has 6 nitrogen and oxygen atoms in total. The number of ether oxygens (including phenoxy) is 1. The van der Waals surface area contributed by atoms with Gasteiger partial charge in [-0.2, -0.15) is 5.10 Å². The fraction of sp³-hybridized carbons (Fsp3) is 0.636. The molecule has 0 aliphatic carbocycles. The maximum absolute atomic E-state index is 11.1. The van der Waals surface area contributed by atoms with Gasteiger partial charge < -0.3 is 10.1 Å². The van der Waals surface area contributed by atoms with E-state index in [-0.39, 0.29) is 5.97 Å². The Morgan fingerprint density at radius 3 is 2.71 bits per heavy atom. The van der Waals surface area contributed by atoms with E-state index in [4.69, 9.17) is 4.74 Å². The molecule has 94 valence electrons. The van der Waals surface area contributed by atoms with Gasteiger partial charge in [-0.25, -0.2) is 4.98 Å². The zero-order valence-corrected chi connectivity index (χ0v) is 10.5. The first kappa shape index (κ1) is 13.3. The molecule has 0 saturated carbocycles. The molecule has 1 aromatic rings. The molecule has 0 saturated heterocycles. The topological polar surface area (TPSA) is 77.0 Å². The van der Waals surface area contributed by atoms with E-state index in [1.807, 2.05) is 13.8 Å². The van der Waals surface area contributed by atoms with Crippen molar-refractivity contribution in [3.63, 3.8) is 0 Å². The van der Waals surface area contributed by atoms with Crippen LogP contribution in [-0.4, -0.2) is 34.3 Å². The van der Waals surface area contributed by atoms with Crippen molar-refractivity contribution in [3.05, 3.63) is 11.4 Å². The second kappa shape index (κ2) is 6.78. The number of hydrogen-bond acceptors (Lipinski definition) is 6. The minimum atomic E-state index is -0.173. The van der Waals surface area contributed by atoms with Crippen molar-refractivity contribution in [2.75, 3.05) is 18.5 Å². The van der Waals surface area contributed by atoms with Crippen molar-refractivity contribution in [2.45, 2.75) is 33.6 Å². The first-order valence-electron chi connectivity index (χ1n) is 5.71. The normalized spacial score (nSPS) is 10.1. The molecule has 0 amide bonds. The number of rotatable bonds is 6. The molecule has 1 N–H and O–H groups in total. The standard InChI is InChI=1S/C11H18N4O2/c1-4-17-10(16)6-5-7-12-11-13-8(2)9(3)14-15-11/h4-7H2,1-3H3,(H,12,13,15). The highest BCUT2D eigenvalue weighted by atomic mass is 16.5. The number of nitrogens with zero attached hydrogens (tertiary/aromatic N) is 3. The SMILES string of the molecule is CCOC(=O)CCCNc1nnc(C)c(C)n1. The molecule has 0 bridgehead atoms. The van der Waals surface area contributed by atoms with Crippen LogP contribution in [0.15, 0.2) is 0 Å². The summed E-state index contributed by atoms with van der Waals surface area (Å²) in [5.41, 5.74) is 1.68. The zero-order chi connectivity index (χ0) is 12.7. The van der Waals surface area contributed by atoms with E-state index in [1.54, 1.807) is 6.92 Å². The second-order valence-electron chi connectivity index (χ2n) is 3.64. The Morgan fingerprint density at radius 2 is 2.06 bits per heavy atom. The lowest BCUT2D eigenvalue weighted by Crippen LogP contribution is -2.11. The number of aryl methyl sites for hydroxylation is 2. The van der Waals surface area contributed by atoms with Crippen molar-refractivity contribution in [1.82, 2.24) is 15.2 Å².